The van der Waals surface area contributed by atoms with E-state index in [1.54, 1.807) is 0 Å². The number of rotatable bonds is 2. The molecule has 3 rings (SSSR count). The van der Waals surface area contributed by atoms with Crippen LogP contribution < -0.4 is 4.90 Å². The van der Waals surface area contributed by atoms with Gasteiger partial charge in [-0.2, -0.15) is 0 Å². The van der Waals surface area contributed by atoms with Crippen LogP contribution >= 0.6 is 15.9 Å². The molecule has 3 heteroatoms. The third kappa shape index (κ3) is 2.11. The molecule has 2 fully saturated rings. The zero-order valence-electron chi connectivity index (χ0n) is 9.94. The van der Waals surface area contributed by atoms with Crippen molar-refractivity contribution in [3.8, 4) is 0 Å². The molecule has 1 aliphatic carbocycles. The predicted octanol–water partition coefficient (Wildman–Crippen LogP) is 3.34. The van der Waals surface area contributed by atoms with E-state index >= 15 is 0 Å². The molecule has 0 aromatic heterocycles. The van der Waals surface area contributed by atoms with Crippen molar-refractivity contribution in [2.75, 3.05) is 18.1 Å². The molecule has 0 amide bonds. The Morgan fingerprint density at radius 2 is 2.18 bits per heavy atom. The van der Waals surface area contributed by atoms with Gasteiger partial charge in [0.15, 0.2) is 0 Å². The zero-order valence-corrected chi connectivity index (χ0v) is 11.5. The number of alkyl halides is 1. The summed E-state index contributed by atoms with van der Waals surface area (Å²) >= 11 is 3.59. The molecule has 1 aliphatic heterocycles. The highest BCUT2D eigenvalue weighted by Crippen LogP contribution is 2.35. The summed E-state index contributed by atoms with van der Waals surface area (Å²) < 4.78 is 5.87. The number of ether oxygens (including phenoxy) is 1. The Bertz CT molecular complexity index is 396. The molecule has 1 aromatic carbocycles. The van der Waals surface area contributed by atoms with Gasteiger partial charge in [0.1, 0.15) is 0 Å². The maximum atomic E-state index is 5.87. The molecule has 2 unspecified atom stereocenters. The molecule has 0 N–H and O–H groups in total. The Kier molecular flexibility index (Phi) is 3.39. The maximum Gasteiger partial charge on any atom is 0.0779 e. The zero-order chi connectivity index (χ0) is 11.7. The summed E-state index contributed by atoms with van der Waals surface area (Å²) in [7, 11) is 0. The van der Waals surface area contributed by atoms with Crippen molar-refractivity contribution in [2.24, 2.45) is 0 Å². The van der Waals surface area contributed by atoms with Crippen molar-refractivity contribution in [3.63, 3.8) is 0 Å². The molecule has 0 spiro atoms. The molecule has 1 heterocycles. The van der Waals surface area contributed by atoms with Gasteiger partial charge in [0, 0.05) is 17.6 Å². The van der Waals surface area contributed by atoms with Gasteiger partial charge >= 0.3 is 0 Å². The van der Waals surface area contributed by atoms with E-state index in [1.165, 1.54) is 30.5 Å². The first kappa shape index (κ1) is 11.5. The lowest BCUT2D eigenvalue weighted by molar-refractivity contribution is 0.0256. The fraction of sp³-hybridized carbons (Fsp3) is 0.571. The lowest BCUT2D eigenvalue weighted by Crippen LogP contribution is -2.49. The molecule has 0 radical (unpaired) electrons. The lowest BCUT2D eigenvalue weighted by atomic mass is 10.1. The highest BCUT2D eigenvalue weighted by atomic mass is 79.9. The number of morpholine rings is 1. The van der Waals surface area contributed by atoms with E-state index in [-0.39, 0.29) is 0 Å². The number of halogens is 1. The SMILES string of the molecule is BrCc1ccccc1N1CCOC2CCCC21. The van der Waals surface area contributed by atoms with E-state index in [4.69, 9.17) is 4.74 Å². The molecule has 2 nitrogen and oxygen atoms in total. The van der Waals surface area contributed by atoms with Crippen LogP contribution in [0.4, 0.5) is 5.69 Å². The molecule has 2 atom stereocenters. The molecular weight excluding hydrogens is 278 g/mol. The van der Waals surface area contributed by atoms with Crippen LogP contribution in [0, 0.1) is 0 Å². The first-order valence-electron chi connectivity index (χ1n) is 6.42. The number of hydrogen-bond donors (Lipinski definition) is 0. The summed E-state index contributed by atoms with van der Waals surface area (Å²) in [5, 5.41) is 0.928. The number of benzene rings is 1. The van der Waals surface area contributed by atoms with Gasteiger partial charge in [-0.25, -0.2) is 0 Å². The fourth-order valence-corrected chi connectivity index (χ4v) is 3.60. The van der Waals surface area contributed by atoms with Crippen molar-refractivity contribution in [2.45, 2.75) is 36.7 Å². The smallest absolute Gasteiger partial charge is 0.0779 e. The third-order valence-electron chi connectivity index (χ3n) is 3.93. The van der Waals surface area contributed by atoms with E-state index in [9.17, 15) is 0 Å². The average molecular weight is 296 g/mol. The normalized spacial score (nSPS) is 28.2. The largest absolute Gasteiger partial charge is 0.374 e. The van der Waals surface area contributed by atoms with Crippen molar-refractivity contribution in [1.82, 2.24) is 0 Å². The Balaban J connectivity index is 1.91. The Morgan fingerprint density at radius 1 is 1.29 bits per heavy atom. The van der Waals surface area contributed by atoms with Gasteiger partial charge in [0.2, 0.25) is 0 Å². The van der Waals surface area contributed by atoms with Gasteiger partial charge in [-0.05, 0) is 30.9 Å². The summed E-state index contributed by atoms with van der Waals surface area (Å²) in [6.45, 7) is 1.91. The van der Waals surface area contributed by atoms with E-state index in [1.807, 2.05) is 0 Å². The van der Waals surface area contributed by atoms with E-state index in [0.717, 1.165) is 18.5 Å². The predicted molar refractivity (Wildman–Crippen MR) is 73.8 cm³/mol. The van der Waals surface area contributed by atoms with Crippen LogP contribution in [0.15, 0.2) is 24.3 Å². The minimum Gasteiger partial charge on any atom is -0.374 e. The van der Waals surface area contributed by atoms with Gasteiger partial charge in [0.05, 0.1) is 18.8 Å². The van der Waals surface area contributed by atoms with Gasteiger partial charge in [-0.3, -0.25) is 0 Å². The van der Waals surface area contributed by atoms with Crippen LogP contribution in [-0.4, -0.2) is 25.3 Å². The van der Waals surface area contributed by atoms with E-state index < -0.39 is 0 Å². The first-order valence-corrected chi connectivity index (χ1v) is 7.54. The minimum absolute atomic E-state index is 0.465. The van der Waals surface area contributed by atoms with Crippen LogP contribution in [0.3, 0.4) is 0 Å². The summed E-state index contributed by atoms with van der Waals surface area (Å²) in [5.74, 6) is 0. The first-order chi connectivity index (χ1) is 8.40. The molecule has 1 saturated carbocycles. The summed E-state index contributed by atoms with van der Waals surface area (Å²) in [5.41, 5.74) is 2.78. The maximum absolute atomic E-state index is 5.87. The molecular formula is C14H18BrNO. The molecule has 1 saturated heterocycles. The van der Waals surface area contributed by atoms with Crippen molar-refractivity contribution in [1.29, 1.82) is 0 Å². The minimum atomic E-state index is 0.465. The van der Waals surface area contributed by atoms with Gasteiger partial charge in [-0.15, -0.1) is 0 Å². The molecule has 92 valence electrons. The third-order valence-corrected chi connectivity index (χ3v) is 4.53. The Labute approximate surface area is 111 Å². The molecule has 1 aromatic rings. The second-order valence-corrected chi connectivity index (χ2v) is 5.42. The second-order valence-electron chi connectivity index (χ2n) is 4.86. The second kappa shape index (κ2) is 4.99. The Hall–Kier alpha value is -0.540. The monoisotopic (exact) mass is 295 g/mol. The van der Waals surface area contributed by atoms with Crippen molar-refractivity contribution >= 4 is 21.6 Å². The van der Waals surface area contributed by atoms with Crippen LogP contribution in [0.25, 0.3) is 0 Å². The highest BCUT2D eigenvalue weighted by Gasteiger charge is 2.36. The van der Waals surface area contributed by atoms with Crippen LogP contribution in [0.5, 0.6) is 0 Å². The Morgan fingerprint density at radius 3 is 3.06 bits per heavy atom. The number of hydrogen-bond acceptors (Lipinski definition) is 2. The van der Waals surface area contributed by atoms with Gasteiger partial charge < -0.3 is 9.64 Å². The van der Waals surface area contributed by atoms with Crippen molar-refractivity contribution in [3.05, 3.63) is 29.8 Å². The number of para-hydroxylation sites is 1. The topological polar surface area (TPSA) is 12.5 Å². The van der Waals surface area contributed by atoms with Crippen molar-refractivity contribution < 1.29 is 4.74 Å². The molecule has 0 bridgehead atoms. The molecule has 2 aliphatic rings. The summed E-state index contributed by atoms with van der Waals surface area (Å²) in [4.78, 5) is 2.57. The number of anilines is 1. The van der Waals surface area contributed by atoms with E-state index in [2.05, 4.69) is 45.1 Å². The van der Waals surface area contributed by atoms with Gasteiger partial charge in [-0.1, -0.05) is 34.1 Å². The fourth-order valence-electron chi connectivity index (χ4n) is 3.13. The summed E-state index contributed by atoms with van der Waals surface area (Å²) in [6.07, 6.45) is 4.29. The van der Waals surface area contributed by atoms with Crippen LogP contribution in [0.1, 0.15) is 24.8 Å². The quantitative estimate of drug-likeness (QED) is 0.776. The number of fused-ring (bicyclic) bond motifs is 1. The van der Waals surface area contributed by atoms with Crippen LogP contribution in [0.2, 0.25) is 0 Å². The molecule has 17 heavy (non-hydrogen) atoms. The summed E-state index contributed by atoms with van der Waals surface area (Å²) in [6, 6.07) is 9.32. The van der Waals surface area contributed by atoms with E-state index in [0.29, 0.717) is 12.1 Å². The average Bonchev–Trinajstić information content (AvgIpc) is 2.86. The number of nitrogens with zero attached hydrogens (tertiary/aromatic N) is 1. The standard InChI is InChI=1S/C14H18BrNO/c15-10-11-4-1-2-5-12(11)16-8-9-17-14-7-3-6-13(14)16/h1-2,4-5,13-14H,3,6-10H2. The van der Waals surface area contributed by atoms with Crippen LogP contribution in [-0.2, 0) is 10.1 Å². The highest BCUT2D eigenvalue weighted by molar-refractivity contribution is 9.08. The lowest BCUT2D eigenvalue weighted by Gasteiger charge is -2.40. The van der Waals surface area contributed by atoms with Gasteiger partial charge in [0.25, 0.3) is 0 Å².